The van der Waals surface area contributed by atoms with Crippen molar-refractivity contribution in [1.29, 1.82) is 0 Å². The Balaban J connectivity index is 1.80. The van der Waals surface area contributed by atoms with Gasteiger partial charge in [-0.25, -0.2) is 0 Å². The van der Waals surface area contributed by atoms with Gasteiger partial charge in [0.1, 0.15) is 5.75 Å². The van der Waals surface area contributed by atoms with E-state index in [9.17, 15) is 0 Å². The number of hydrogen-bond donors (Lipinski definition) is 1. The van der Waals surface area contributed by atoms with Gasteiger partial charge in [0.25, 0.3) is 0 Å². The molecule has 2 heterocycles. The molecule has 2 aliphatic heterocycles. The van der Waals surface area contributed by atoms with E-state index >= 15 is 0 Å². The standard InChI is InChI=1S/C14H20N2O/c1-17-14-5-3-2-4-13(14)16-9-7-12-11(10-16)6-8-15-12/h2-5,11-12,15H,6-10H2,1H3. The molecule has 2 atom stereocenters. The predicted molar refractivity (Wildman–Crippen MR) is 69.7 cm³/mol. The number of rotatable bonds is 2. The number of fused-ring (bicyclic) bond motifs is 1. The van der Waals surface area contributed by atoms with Crippen LogP contribution >= 0.6 is 0 Å². The number of nitrogens with zero attached hydrogens (tertiary/aromatic N) is 1. The third kappa shape index (κ3) is 2.00. The summed E-state index contributed by atoms with van der Waals surface area (Å²) in [5.74, 6) is 1.81. The maximum absolute atomic E-state index is 5.45. The van der Waals surface area contributed by atoms with E-state index < -0.39 is 0 Å². The van der Waals surface area contributed by atoms with E-state index in [0.29, 0.717) is 0 Å². The Bertz CT molecular complexity index is 394. The molecule has 3 rings (SSSR count). The lowest BCUT2D eigenvalue weighted by Gasteiger charge is -2.36. The fourth-order valence-corrected chi connectivity index (χ4v) is 3.16. The largest absolute Gasteiger partial charge is 0.495 e. The van der Waals surface area contributed by atoms with Crippen LogP contribution in [-0.2, 0) is 0 Å². The topological polar surface area (TPSA) is 24.5 Å². The average Bonchev–Trinajstić information content (AvgIpc) is 2.85. The number of para-hydroxylation sites is 2. The highest BCUT2D eigenvalue weighted by Crippen LogP contribution is 2.33. The fraction of sp³-hybridized carbons (Fsp3) is 0.571. The minimum absolute atomic E-state index is 0.751. The van der Waals surface area contributed by atoms with Crippen LogP contribution in [-0.4, -0.2) is 32.8 Å². The van der Waals surface area contributed by atoms with Crippen LogP contribution in [0.1, 0.15) is 12.8 Å². The summed E-state index contributed by atoms with van der Waals surface area (Å²) in [5, 5.41) is 3.60. The molecule has 2 unspecified atom stereocenters. The minimum atomic E-state index is 0.751. The first kappa shape index (κ1) is 10.9. The molecule has 3 nitrogen and oxygen atoms in total. The zero-order chi connectivity index (χ0) is 11.7. The SMILES string of the molecule is COc1ccccc1N1CCC2NCCC2C1. The number of benzene rings is 1. The smallest absolute Gasteiger partial charge is 0.142 e. The second-order valence-electron chi connectivity index (χ2n) is 5.02. The molecule has 2 fully saturated rings. The summed E-state index contributed by atoms with van der Waals surface area (Å²) >= 11 is 0. The van der Waals surface area contributed by atoms with Crippen LogP contribution < -0.4 is 15.0 Å². The average molecular weight is 232 g/mol. The molecule has 2 saturated heterocycles. The lowest BCUT2D eigenvalue weighted by Crippen LogP contribution is -2.44. The van der Waals surface area contributed by atoms with Crippen LogP contribution in [0, 0.1) is 5.92 Å². The third-order valence-corrected chi connectivity index (χ3v) is 4.08. The van der Waals surface area contributed by atoms with Crippen molar-refractivity contribution in [3.63, 3.8) is 0 Å². The lowest BCUT2D eigenvalue weighted by atomic mass is 9.93. The summed E-state index contributed by atoms with van der Waals surface area (Å²) in [6.45, 7) is 3.49. The van der Waals surface area contributed by atoms with E-state index in [1.165, 1.54) is 25.1 Å². The monoisotopic (exact) mass is 232 g/mol. The summed E-state index contributed by atoms with van der Waals surface area (Å²) in [4.78, 5) is 2.48. The third-order valence-electron chi connectivity index (χ3n) is 4.08. The van der Waals surface area contributed by atoms with Crippen molar-refractivity contribution in [2.24, 2.45) is 5.92 Å². The summed E-state index contributed by atoms with van der Waals surface area (Å²) in [5.41, 5.74) is 1.25. The molecule has 0 saturated carbocycles. The normalized spacial score (nSPS) is 27.9. The van der Waals surface area contributed by atoms with Crippen LogP contribution in [0.4, 0.5) is 5.69 Å². The van der Waals surface area contributed by atoms with Crippen LogP contribution in [0.15, 0.2) is 24.3 Å². The number of piperidine rings is 1. The van der Waals surface area contributed by atoms with Crippen LogP contribution in [0.25, 0.3) is 0 Å². The molecule has 92 valence electrons. The van der Waals surface area contributed by atoms with Gasteiger partial charge in [0.15, 0.2) is 0 Å². The highest BCUT2D eigenvalue weighted by Gasteiger charge is 2.33. The van der Waals surface area contributed by atoms with E-state index in [-0.39, 0.29) is 0 Å². The molecule has 17 heavy (non-hydrogen) atoms. The first-order valence-electron chi connectivity index (χ1n) is 6.50. The quantitative estimate of drug-likeness (QED) is 0.842. The van der Waals surface area contributed by atoms with Crippen LogP contribution in [0.2, 0.25) is 0 Å². The molecule has 1 N–H and O–H groups in total. The maximum atomic E-state index is 5.45. The molecular formula is C14H20N2O. The van der Waals surface area contributed by atoms with Crippen molar-refractivity contribution in [1.82, 2.24) is 5.32 Å². The number of anilines is 1. The number of ether oxygens (including phenoxy) is 1. The molecule has 2 aliphatic rings. The second kappa shape index (κ2) is 4.57. The number of hydrogen-bond acceptors (Lipinski definition) is 3. The molecule has 1 aromatic carbocycles. The number of methoxy groups -OCH3 is 1. The summed E-state index contributed by atoms with van der Waals surface area (Å²) < 4.78 is 5.45. The van der Waals surface area contributed by atoms with Crippen molar-refractivity contribution in [3.05, 3.63) is 24.3 Å². The van der Waals surface area contributed by atoms with Gasteiger partial charge in [-0.1, -0.05) is 12.1 Å². The van der Waals surface area contributed by atoms with Crippen molar-refractivity contribution in [3.8, 4) is 5.75 Å². The van der Waals surface area contributed by atoms with Crippen LogP contribution in [0.5, 0.6) is 5.75 Å². The van der Waals surface area contributed by atoms with Gasteiger partial charge in [0.2, 0.25) is 0 Å². The highest BCUT2D eigenvalue weighted by molar-refractivity contribution is 5.58. The first-order valence-corrected chi connectivity index (χ1v) is 6.50. The first-order chi connectivity index (χ1) is 8.38. The minimum Gasteiger partial charge on any atom is -0.495 e. The predicted octanol–water partition coefficient (Wildman–Crippen LogP) is 1.88. The van der Waals surface area contributed by atoms with Gasteiger partial charge in [-0.15, -0.1) is 0 Å². The molecule has 0 aromatic heterocycles. The fourth-order valence-electron chi connectivity index (χ4n) is 3.16. The van der Waals surface area contributed by atoms with Gasteiger partial charge >= 0.3 is 0 Å². The van der Waals surface area contributed by atoms with E-state index in [2.05, 4.69) is 22.3 Å². The van der Waals surface area contributed by atoms with E-state index in [1.807, 2.05) is 12.1 Å². The van der Waals surface area contributed by atoms with Crippen LogP contribution in [0.3, 0.4) is 0 Å². The highest BCUT2D eigenvalue weighted by atomic mass is 16.5. The van der Waals surface area contributed by atoms with Gasteiger partial charge in [0, 0.05) is 19.1 Å². The second-order valence-corrected chi connectivity index (χ2v) is 5.02. The Kier molecular flexibility index (Phi) is 2.93. The Morgan fingerprint density at radius 2 is 2.18 bits per heavy atom. The maximum Gasteiger partial charge on any atom is 0.142 e. The number of nitrogens with one attached hydrogen (secondary N) is 1. The van der Waals surface area contributed by atoms with Crippen molar-refractivity contribution in [2.75, 3.05) is 31.6 Å². The lowest BCUT2D eigenvalue weighted by molar-refractivity contribution is 0.369. The molecule has 3 heteroatoms. The molecular weight excluding hydrogens is 212 g/mol. The van der Waals surface area contributed by atoms with Gasteiger partial charge in [-0.05, 0) is 37.4 Å². The zero-order valence-electron chi connectivity index (χ0n) is 10.4. The molecule has 0 radical (unpaired) electrons. The molecule has 0 amide bonds. The molecule has 0 bridgehead atoms. The Morgan fingerprint density at radius 1 is 1.29 bits per heavy atom. The summed E-state index contributed by atoms with van der Waals surface area (Å²) in [6.07, 6.45) is 2.57. The van der Waals surface area contributed by atoms with Crippen molar-refractivity contribution >= 4 is 5.69 Å². The Morgan fingerprint density at radius 3 is 3.06 bits per heavy atom. The van der Waals surface area contributed by atoms with Gasteiger partial charge < -0.3 is 15.0 Å². The van der Waals surface area contributed by atoms with E-state index in [4.69, 9.17) is 4.74 Å². The van der Waals surface area contributed by atoms with Gasteiger partial charge in [-0.3, -0.25) is 0 Å². The Hall–Kier alpha value is -1.22. The molecule has 0 aliphatic carbocycles. The van der Waals surface area contributed by atoms with Gasteiger partial charge in [-0.2, -0.15) is 0 Å². The summed E-state index contributed by atoms with van der Waals surface area (Å²) in [6, 6.07) is 9.10. The van der Waals surface area contributed by atoms with Gasteiger partial charge in [0.05, 0.1) is 12.8 Å². The molecule has 1 aromatic rings. The van der Waals surface area contributed by atoms with E-state index in [1.54, 1.807) is 7.11 Å². The van der Waals surface area contributed by atoms with Crippen molar-refractivity contribution < 1.29 is 4.74 Å². The Labute approximate surface area is 103 Å². The molecule has 0 spiro atoms. The van der Waals surface area contributed by atoms with Crippen molar-refractivity contribution in [2.45, 2.75) is 18.9 Å². The van der Waals surface area contributed by atoms with E-state index in [0.717, 1.165) is 30.8 Å². The summed E-state index contributed by atoms with van der Waals surface area (Å²) in [7, 11) is 1.75. The zero-order valence-corrected chi connectivity index (χ0v) is 10.4.